The van der Waals surface area contributed by atoms with E-state index < -0.39 is 0 Å². The standard InChI is InChI=1S/C20H24N2O3S/c1-20(2,3)19-21-12-17(26-19)18(23)22-8-4-5-14(22)13-6-7-15-16(11-13)25-10-9-24-15/h6-7,11-12,14H,4-5,8-10H2,1-3H3. The molecule has 0 saturated carbocycles. The van der Waals surface area contributed by atoms with Gasteiger partial charge < -0.3 is 14.4 Å². The number of aromatic nitrogens is 1. The summed E-state index contributed by atoms with van der Waals surface area (Å²) in [5.74, 6) is 1.64. The van der Waals surface area contributed by atoms with Crippen molar-refractivity contribution >= 4 is 17.2 Å². The Bertz CT molecular complexity index is 825. The van der Waals surface area contributed by atoms with E-state index in [0.29, 0.717) is 13.2 Å². The predicted octanol–water partition coefficient (Wildman–Crippen LogP) is 4.19. The van der Waals surface area contributed by atoms with Crippen LogP contribution in [0.5, 0.6) is 11.5 Å². The molecule has 0 spiro atoms. The van der Waals surface area contributed by atoms with Gasteiger partial charge in [-0.25, -0.2) is 4.98 Å². The lowest BCUT2D eigenvalue weighted by Crippen LogP contribution is -2.30. The lowest BCUT2D eigenvalue weighted by atomic mass is 9.98. The van der Waals surface area contributed by atoms with Crippen LogP contribution in [-0.4, -0.2) is 35.5 Å². The molecular formula is C20H24N2O3S. The molecule has 1 aromatic heterocycles. The van der Waals surface area contributed by atoms with Gasteiger partial charge in [0.15, 0.2) is 11.5 Å². The van der Waals surface area contributed by atoms with Gasteiger partial charge in [0.25, 0.3) is 5.91 Å². The van der Waals surface area contributed by atoms with Gasteiger partial charge in [0.1, 0.15) is 18.1 Å². The molecule has 2 aromatic rings. The number of hydrogen-bond donors (Lipinski definition) is 0. The van der Waals surface area contributed by atoms with Gasteiger partial charge >= 0.3 is 0 Å². The maximum absolute atomic E-state index is 13.1. The molecule has 26 heavy (non-hydrogen) atoms. The summed E-state index contributed by atoms with van der Waals surface area (Å²) in [5, 5.41) is 0.996. The number of rotatable bonds is 2. The van der Waals surface area contributed by atoms with E-state index in [9.17, 15) is 4.79 Å². The molecule has 4 rings (SSSR count). The van der Waals surface area contributed by atoms with E-state index in [0.717, 1.165) is 46.3 Å². The predicted molar refractivity (Wildman–Crippen MR) is 101 cm³/mol. The lowest BCUT2D eigenvalue weighted by Gasteiger charge is -2.26. The molecule has 1 aromatic carbocycles. The van der Waals surface area contributed by atoms with Gasteiger partial charge in [-0.05, 0) is 30.5 Å². The molecule has 1 amide bonds. The number of hydrogen-bond acceptors (Lipinski definition) is 5. The van der Waals surface area contributed by atoms with Crippen molar-refractivity contribution in [3.05, 3.63) is 39.8 Å². The zero-order valence-corrected chi connectivity index (χ0v) is 16.3. The molecule has 5 nitrogen and oxygen atoms in total. The number of thiazole rings is 1. The lowest BCUT2D eigenvalue weighted by molar-refractivity contribution is 0.0740. The molecular weight excluding hydrogens is 348 g/mol. The van der Waals surface area contributed by atoms with E-state index in [1.807, 2.05) is 17.0 Å². The number of likely N-dealkylation sites (tertiary alicyclic amines) is 1. The number of nitrogens with zero attached hydrogens (tertiary/aromatic N) is 2. The second-order valence-electron chi connectivity index (χ2n) is 7.84. The van der Waals surface area contributed by atoms with E-state index >= 15 is 0 Å². The Labute approximate surface area is 157 Å². The smallest absolute Gasteiger partial charge is 0.266 e. The van der Waals surface area contributed by atoms with Crippen molar-refractivity contribution in [2.24, 2.45) is 0 Å². The highest BCUT2D eigenvalue weighted by Crippen LogP contribution is 2.39. The highest BCUT2D eigenvalue weighted by atomic mass is 32.1. The van der Waals surface area contributed by atoms with Crippen molar-refractivity contribution < 1.29 is 14.3 Å². The highest BCUT2D eigenvalue weighted by Gasteiger charge is 2.33. The fraction of sp³-hybridized carbons (Fsp3) is 0.500. The Morgan fingerprint density at radius 3 is 2.73 bits per heavy atom. The minimum atomic E-state index is -0.0383. The average molecular weight is 372 g/mol. The quantitative estimate of drug-likeness (QED) is 0.793. The van der Waals surface area contributed by atoms with Gasteiger partial charge in [-0.2, -0.15) is 0 Å². The Balaban J connectivity index is 1.58. The molecule has 1 atom stereocenters. The minimum Gasteiger partial charge on any atom is -0.486 e. The van der Waals surface area contributed by atoms with Crippen LogP contribution >= 0.6 is 11.3 Å². The second kappa shape index (κ2) is 6.58. The molecule has 6 heteroatoms. The third-order valence-electron chi connectivity index (χ3n) is 4.82. The van der Waals surface area contributed by atoms with Crippen LogP contribution in [0.25, 0.3) is 0 Å². The summed E-state index contributed by atoms with van der Waals surface area (Å²) in [5.41, 5.74) is 1.07. The van der Waals surface area contributed by atoms with Crippen molar-refractivity contribution in [3.63, 3.8) is 0 Å². The van der Waals surface area contributed by atoms with Crippen LogP contribution in [0.1, 0.15) is 59.9 Å². The molecule has 0 N–H and O–H groups in total. The van der Waals surface area contributed by atoms with Crippen molar-refractivity contribution in [1.29, 1.82) is 0 Å². The summed E-state index contributed by atoms with van der Waals surface area (Å²) in [6.45, 7) is 8.29. The van der Waals surface area contributed by atoms with E-state index in [1.165, 1.54) is 11.3 Å². The highest BCUT2D eigenvalue weighted by molar-refractivity contribution is 7.13. The number of benzene rings is 1. The molecule has 0 aliphatic carbocycles. The van der Waals surface area contributed by atoms with Crippen LogP contribution in [0.4, 0.5) is 0 Å². The third-order valence-corrected chi connectivity index (χ3v) is 6.23. The first-order valence-corrected chi connectivity index (χ1v) is 9.92. The van der Waals surface area contributed by atoms with Crippen LogP contribution in [0, 0.1) is 0 Å². The minimum absolute atomic E-state index is 0.0383. The van der Waals surface area contributed by atoms with E-state index in [2.05, 4.69) is 31.8 Å². The summed E-state index contributed by atoms with van der Waals surface area (Å²) in [4.78, 5) is 20.3. The van der Waals surface area contributed by atoms with E-state index in [1.54, 1.807) is 6.20 Å². The Morgan fingerprint density at radius 2 is 2.00 bits per heavy atom. The molecule has 138 valence electrons. The van der Waals surface area contributed by atoms with Crippen LogP contribution in [0.15, 0.2) is 24.4 Å². The molecule has 1 fully saturated rings. The summed E-state index contributed by atoms with van der Waals surface area (Å²) in [7, 11) is 0. The monoisotopic (exact) mass is 372 g/mol. The molecule has 2 aliphatic heterocycles. The number of fused-ring (bicyclic) bond motifs is 1. The average Bonchev–Trinajstić information content (AvgIpc) is 3.30. The summed E-state index contributed by atoms with van der Waals surface area (Å²) < 4.78 is 11.3. The van der Waals surface area contributed by atoms with Gasteiger partial charge in [0, 0.05) is 12.0 Å². The molecule has 1 saturated heterocycles. The Morgan fingerprint density at radius 1 is 1.23 bits per heavy atom. The molecule has 1 unspecified atom stereocenters. The fourth-order valence-corrected chi connectivity index (χ4v) is 4.41. The second-order valence-corrected chi connectivity index (χ2v) is 8.87. The maximum atomic E-state index is 13.1. The summed E-state index contributed by atoms with van der Waals surface area (Å²) in [6.07, 6.45) is 3.71. The molecule has 2 aliphatic rings. The maximum Gasteiger partial charge on any atom is 0.266 e. The molecule has 0 radical (unpaired) electrons. The van der Waals surface area contributed by atoms with Gasteiger partial charge in [-0.15, -0.1) is 11.3 Å². The third kappa shape index (κ3) is 3.18. The zero-order valence-electron chi connectivity index (χ0n) is 15.4. The summed E-state index contributed by atoms with van der Waals surface area (Å²) >= 11 is 1.51. The Hall–Kier alpha value is -2.08. The molecule has 3 heterocycles. The largest absolute Gasteiger partial charge is 0.486 e. The van der Waals surface area contributed by atoms with Gasteiger partial charge in [0.2, 0.25) is 0 Å². The van der Waals surface area contributed by atoms with E-state index in [-0.39, 0.29) is 17.4 Å². The van der Waals surface area contributed by atoms with Gasteiger partial charge in [-0.3, -0.25) is 4.79 Å². The SMILES string of the molecule is CC(C)(C)c1ncc(C(=O)N2CCCC2c2ccc3c(c2)OCCO3)s1. The van der Waals surface area contributed by atoms with Crippen LogP contribution < -0.4 is 9.47 Å². The van der Waals surface area contributed by atoms with Gasteiger partial charge in [0.05, 0.1) is 17.2 Å². The first-order valence-electron chi connectivity index (χ1n) is 9.10. The van der Waals surface area contributed by atoms with Gasteiger partial charge in [-0.1, -0.05) is 26.8 Å². The first kappa shape index (κ1) is 17.3. The fourth-order valence-electron chi connectivity index (χ4n) is 3.48. The van der Waals surface area contributed by atoms with Crippen molar-refractivity contribution in [2.45, 2.75) is 45.1 Å². The summed E-state index contributed by atoms with van der Waals surface area (Å²) in [6, 6.07) is 6.11. The van der Waals surface area contributed by atoms with Crippen molar-refractivity contribution in [1.82, 2.24) is 9.88 Å². The number of amides is 1. The number of carbonyl (C=O) groups excluding carboxylic acids is 1. The van der Waals surface area contributed by atoms with E-state index in [4.69, 9.17) is 9.47 Å². The normalized spacial score (nSPS) is 19.7. The number of carbonyl (C=O) groups is 1. The van der Waals surface area contributed by atoms with Crippen LogP contribution in [0.3, 0.4) is 0 Å². The molecule has 0 bridgehead atoms. The first-order chi connectivity index (χ1) is 12.4. The van der Waals surface area contributed by atoms with Crippen LogP contribution in [0.2, 0.25) is 0 Å². The van der Waals surface area contributed by atoms with Crippen molar-refractivity contribution in [2.75, 3.05) is 19.8 Å². The Kier molecular flexibility index (Phi) is 4.39. The number of ether oxygens (including phenoxy) is 2. The van der Waals surface area contributed by atoms with Crippen molar-refractivity contribution in [3.8, 4) is 11.5 Å². The zero-order chi connectivity index (χ0) is 18.3. The van der Waals surface area contributed by atoms with Crippen LogP contribution in [-0.2, 0) is 5.41 Å². The topological polar surface area (TPSA) is 51.7 Å².